The Balaban J connectivity index is 1.45. The topological polar surface area (TPSA) is 0 Å². The number of benzene rings is 8. The Morgan fingerprint density at radius 1 is 0.333 bits per heavy atom. The van der Waals surface area contributed by atoms with Crippen molar-refractivity contribution in [3.8, 4) is 44.5 Å². The van der Waals surface area contributed by atoms with Crippen LogP contribution in [0.25, 0.3) is 76.8 Å². The number of fused-ring (bicyclic) bond motifs is 3. The van der Waals surface area contributed by atoms with Crippen molar-refractivity contribution in [3.63, 3.8) is 0 Å². The van der Waals surface area contributed by atoms with E-state index in [9.17, 15) is 0 Å². The lowest BCUT2D eigenvalue weighted by molar-refractivity contribution is 1.61. The van der Waals surface area contributed by atoms with Crippen LogP contribution < -0.4 is 0 Å². The van der Waals surface area contributed by atoms with Gasteiger partial charge in [-0.25, -0.2) is 0 Å². The van der Waals surface area contributed by atoms with Crippen LogP contribution in [0.4, 0.5) is 0 Å². The van der Waals surface area contributed by atoms with Crippen molar-refractivity contribution in [2.75, 3.05) is 0 Å². The summed E-state index contributed by atoms with van der Waals surface area (Å²) in [7, 11) is 0. The van der Waals surface area contributed by atoms with Gasteiger partial charge in [0.2, 0.25) is 0 Å². The molecule has 0 aliphatic carbocycles. The van der Waals surface area contributed by atoms with E-state index in [-0.39, 0.29) is 29.7 Å². The van der Waals surface area contributed by atoms with E-state index >= 15 is 0 Å². The molecule has 0 nitrogen and oxygen atoms in total. The Bertz CT molecular complexity index is 2430. The average molecular weight is 538 g/mol. The molecule has 0 aliphatic heterocycles. The Labute approximate surface area is 253 Å². The summed E-state index contributed by atoms with van der Waals surface area (Å²) in [5, 5.41) is 6.56. The van der Waals surface area contributed by atoms with Crippen LogP contribution in [0.15, 0.2) is 170 Å². The van der Waals surface area contributed by atoms with Crippen molar-refractivity contribution < 1.29 is 6.85 Å². The van der Waals surface area contributed by atoms with Gasteiger partial charge >= 0.3 is 0 Å². The second kappa shape index (κ2) is 10.2. The van der Waals surface area contributed by atoms with E-state index in [0.717, 1.165) is 43.8 Å². The third-order valence-corrected chi connectivity index (χ3v) is 8.15. The molecule has 0 unspecified atom stereocenters. The van der Waals surface area contributed by atoms with Crippen LogP contribution in [0.5, 0.6) is 0 Å². The number of rotatable bonds is 4. The molecule has 0 fully saturated rings. The first-order chi connectivity index (χ1) is 22.9. The van der Waals surface area contributed by atoms with Crippen molar-refractivity contribution in [1.82, 2.24) is 0 Å². The highest BCUT2D eigenvalue weighted by atomic mass is 14.2. The summed E-state index contributed by atoms with van der Waals surface area (Å²) in [6.07, 6.45) is 0. The monoisotopic (exact) mass is 537 g/mol. The standard InChI is InChI=1S/C42H28/c1-3-14-29(15-4-1)33-19-7-8-20-35(33)42-38-23-11-9-21-36(38)41(37-22-10-12-24-39(37)42)32-27-26-31-18-13-25-34(40(31)28-32)30-16-5-2-6-17-30/h1-28H/i1D,3D,4D,14D,15D. The minimum Gasteiger partial charge on any atom is -0.0622 e. The Morgan fingerprint density at radius 2 is 0.905 bits per heavy atom. The molecule has 0 aliphatic rings. The van der Waals surface area contributed by atoms with Gasteiger partial charge in [0.15, 0.2) is 0 Å². The van der Waals surface area contributed by atoms with Gasteiger partial charge in [-0.05, 0) is 82.9 Å². The van der Waals surface area contributed by atoms with Gasteiger partial charge in [-0.15, -0.1) is 0 Å². The fraction of sp³-hybridized carbons (Fsp3) is 0. The van der Waals surface area contributed by atoms with Crippen LogP contribution in [-0.2, 0) is 0 Å². The smallest absolute Gasteiger partial charge is 0.0622 e. The van der Waals surface area contributed by atoms with E-state index in [0.29, 0.717) is 5.56 Å². The molecular weight excluding hydrogens is 504 g/mol. The molecule has 8 rings (SSSR count). The zero-order valence-electron chi connectivity index (χ0n) is 27.8. The van der Waals surface area contributed by atoms with Gasteiger partial charge in [0.05, 0.1) is 6.85 Å². The van der Waals surface area contributed by atoms with E-state index in [4.69, 9.17) is 6.85 Å². The lowest BCUT2D eigenvalue weighted by Gasteiger charge is -2.20. The third-order valence-electron chi connectivity index (χ3n) is 8.15. The highest BCUT2D eigenvalue weighted by Gasteiger charge is 2.19. The summed E-state index contributed by atoms with van der Waals surface area (Å²) in [4.78, 5) is 0. The predicted octanol–water partition coefficient (Wildman–Crippen LogP) is 11.8. The van der Waals surface area contributed by atoms with Crippen molar-refractivity contribution in [2.24, 2.45) is 0 Å². The minimum atomic E-state index is -0.396. The van der Waals surface area contributed by atoms with Crippen LogP contribution >= 0.6 is 0 Å². The highest BCUT2D eigenvalue weighted by Crippen LogP contribution is 2.46. The first-order valence-corrected chi connectivity index (χ1v) is 14.1. The second-order valence-corrected chi connectivity index (χ2v) is 10.5. The van der Waals surface area contributed by atoms with Crippen molar-refractivity contribution >= 4 is 32.3 Å². The van der Waals surface area contributed by atoms with Crippen LogP contribution in [0, 0.1) is 0 Å². The van der Waals surface area contributed by atoms with E-state index in [2.05, 4.69) is 97.1 Å². The maximum Gasteiger partial charge on any atom is 0.0629 e. The lowest BCUT2D eigenvalue weighted by Crippen LogP contribution is -1.93. The van der Waals surface area contributed by atoms with E-state index in [1.807, 2.05) is 42.5 Å². The molecule has 0 spiro atoms. The molecule has 0 saturated heterocycles. The molecule has 0 radical (unpaired) electrons. The molecule has 42 heavy (non-hydrogen) atoms. The van der Waals surface area contributed by atoms with Gasteiger partial charge in [0.1, 0.15) is 0 Å². The van der Waals surface area contributed by atoms with Gasteiger partial charge in [0.25, 0.3) is 0 Å². The lowest BCUT2D eigenvalue weighted by atomic mass is 9.83. The quantitative estimate of drug-likeness (QED) is 0.196. The normalized spacial score (nSPS) is 13.0. The maximum atomic E-state index is 8.78. The highest BCUT2D eigenvalue weighted by molar-refractivity contribution is 6.22. The summed E-state index contributed by atoms with van der Waals surface area (Å²) in [6, 6.07) is 46.5. The van der Waals surface area contributed by atoms with Gasteiger partial charge in [0, 0.05) is 0 Å². The van der Waals surface area contributed by atoms with E-state index < -0.39 is 6.04 Å². The summed E-state index contributed by atoms with van der Waals surface area (Å²) in [6.45, 7) is 0. The van der Waals surface area contributed by atoms with Crippen molar-refractivity contribution in [3.05, 3.63) is 170 Å². The maximum absolute atomic E-state index is 8.78. The van der Waals surface area contributed by atoms with Crippen molar-refractivity contribution in [1.29, 1.82) is 0 Å². The van der Waals surface area contributed by atoms with Crippen LogP contribution in [0.3, 0.4) is 0 Å². The first-order valence-electron chi connectivity index (χ1n) is 16.6. The fourth-order valence-electron chi connectivity index (χ4n) is 6.33. The molecule has 8 aromatic carbocycles. The van der Waals surface area contributed by atoms with Crippen LogP contribution in [0.2, 0.25) is 0 Å². The molecule has 8 aromatic rings. The predicted molar refractivity (Wildman–Crippen MR) is 181 cm³/mol. The summed E-state index contributed by atoms with van der Waals surface area (Å²) in [5.41, 5.74) is 7.18. The molecule has 0 atom stereocenters. The first kappa shape index (κ1) is 19.6. The van der Waals surface area contributed by atoms with Gasteiger partial charge in [-0.2, -0.15) is 0 Å². The largest absolute Gasteiger partial charge is 0.0629 e. The zero-order chi connectivity index (χ0) is 32.2. The molecule has 0 N–H and O–H groups in total. The summed E-state index contributed by atoms with van der Waals surface area (Å²) >= 11 is 0. The molecule has 0 heteroatoms. The molecule has 0 bridgehead atoms. The Kier molecular flexibility index (Phi) is 4.75. The van der Waals surface area contributed by atoms with E-state index in [1.54, 1.807) is 0 Å². The molecule has 0 aromatic heterocycles. The van der Waals surface area contributed by atoms with Crippen molar-refractivity contribution in [2.45, 2.75) is 0 Å². The van der Waals surface area contributed by atoms with Gasteiger partial charge < -0.3 is 0 Å². The fourth-order valence-corrected chi connectivity index (χ4v) is 6.33. The van der Waals surface area contributed by atoms with Gasteiger partial charge in [-0.1, -0.05) is 164 Å². The van der Waals surface area contributed by atoms with Crippen LogP contribution in [-0.4, -0.2) is 0 Å². The molecule has 0 amide bonds. The second-order valence-electron chi connectivity index (χ2n) is 10.5. The average Bonchev–Trinajstić information content (AvgIpc) is 3.12. The Hall–Kier alpha value is -5.46. The molecular formula is C42H28. The number of hydrogen-bond donors (Lipinski definition) is 0. The van der Waals surface area contributed by atoms with E-state index in [1.165, 1.54) is 21.9 Å². The molecule has 196 valence electrons. The molecule has 0 saturated carbocycles. The summed E-state index contributed by atoms with van der Waals surface area (Å²) < 4.78 is 42.4. The van der Waals surface area contributed by atoms with Crippen LogP contribution in [0.1, 0.15) is 6.85 Å². The zero-order valence-corrected chi connectivity index (χ0v) is 22.8. The van der Waals surface area contributed by atoms with Gasteiger partial charge in [-0.3, -0.25) is 0 Å². The number of hydrogen-bond acceptors (Lipinski definition) is 0. The Morgan fingerprint density at radius 3 is 1.60 bits per heavy atom. The minimum absolute atomic E-state index is 0.201. The SMILES string of the molecule is [2H]c1c([2H])c([2H])c(-c2ccccc2-c2c3ccccc3c(-c3ccc4cccc(-c5ccccc5)c4c3)c3ccccc23)c([2H])c1[2H]. The summed E-state index contributed by atoms with van der Waals surface area (Å²) in [5.74, 6) is 0. The molecule has 0 heterocycles. The third kappa shape index (κ3) is 4.00.